The molecule has 3 fully saturated rings. The average molecular weight is 679 g/mol. The number of allylic oxidation sites excluding steroid dienone is 14. The Kier molecular flexibility index (Phi) is 12.0. The van der Waals surface area contributed by atoms with Crippen LogP contribution in [0, 0.1) is 51.8 Å². The minimum absolute atomic E-state index is 0.0375. The van der Waals surface area contributed by atoms with Crippen LogP contribution >= 0.6 is 0 Å². The summed E-state index contributed by atoms with van der Waals surface area (Å²) in [6.07, 6.45) is 34.3. The van der Waals surface area contributed by atoms with Gasteiger partial charge in [-0.1, -0.05) is 132 Å². The van der Waals surface area contributed by atoms with Gasteiger partial charge in [0.15, 0.2) is 0 Å². The van der Waals surface area contributed by atoms with Crippen LogP contribution in [0.15, 0.2) is 94.2 Å². The second-order valence-electron chi connectivity index (χ2n) is 18.7. The van der Waals surface area contributed by atoms with Crippen molar-refractivity contribution in [2.45, 2.75) is 146 Å². The lowest BCUT2D eigenvalue weighted by Crippen LogP contribution is -2.46. The number of fused-ring (bicyclic) bond motifs is 5. The molecule has 0 bridgehead atoms. The molecule has 8 atom stereocenters. The van der Waals surface area contributed by atoms with E-state index in [2.05, 4.69) is 112 Å². The Labute approximate surface area is 307 Å². The zero-order valence-electron chi connectivity index (χ0n) is 33.7. The average Bonchev–Trinajstić information content (AvgIpc) is 3.40. The Balaban J connectivity index is 1.18. The van der Waals surface area contributed by atoms with Crippen molar-refractivity contribution in [2.75, 3.05) is 0 Å². The molecule has 5 aliphatic carbocycles. The van der Waals surface area contributed by atoms with Crippen molar-refractivity contribution in [3.63, 3.8) is 0 Å². The van der Waals surface area contributed by atoms with E-state index >= 15 is 0 Å². The highest BCUT2D eigenvalue weighted by Gasteiger charge is 2.57. The third kappa shape index (κ3) is 8.21. The molecule has 0 aromatic rings. The highest BCUT2D eigenvalue weighted by molar-refractivity contribution is 5.83. The Hall–Kier alpha value is -2.61. The summed E-state index contributed by atoms with van der Waals surface area (Å²) in [6.45, 7) is 25.8. The predicted octanol–water partition coefficient (Wildman–Crippen LogP) is 13.4. The highest BCUT2D eigenvalue weighted by atomic mass is 16.5. The van der Waals surface area contributed by atoms with Crippen LogP contribution in [0.5, 0.6) is 0 Å². The molecule has 0 aromatic carbocycles. The molecule has 4 unspecified atom stereocenters. The number of carbonyl (C=O) groups is 1. The van der Waals surface area contributed by atoms with Crippen LogP contribution in [-0.2, 0) is 9.53 Å². The molecule has 50 heavy (non-hydrogen) atoms. The van der Waals surface area contributed by atoms with Gasteiger partial charge in [0.2, 0.25) is 0 Å². The van der Waals surface area contributed by atoms with Gasteiger partial charge in [-0.3, -0.25) is 0 Å². The molecule has 3 saturated carbocycles. The van der Waals surface area contributed by atoms with Crippen LogP contribution in [-0.4, -0.2) is 12.1 Å². The zero-order valence-corrected chi connectivity index (χ0v) is 33.7. The van der Waals surface area contributed by atoms with Crippen molar-refractivity contribution in [3.05, 3.63) is 94.2 Å². The molecular weight excluding hydrogens is 609 g/mol. The van der Waals surface area contributed by atoms with Crippen LogP contribution in [0.4, 0.5) is 0 Å². The quantitative estimate of drug-likeness (QED) is 0.0995. The number of rotatable bonds is 10. The minimum atomic E-state index is -0.215. The summed E-state index contributed by atoms with van der Waals surface area (Å²) >= 11 is 0. The summed E-state index contributed by atoms with van der Waals surface area (Å²) in [4.78, 5) is 13.0. The smallest absolute Gasteiger partial charge is 0.331 e. The number of hydrogen-bond donors (Lipinski definition) is 0. The summed E-state index contributed by atoms with van der Waals surface area (Å²) in [7, 11) is 0. The number of ether oxygens (including phenoxy) is 1. The maximum absolute atomic E-state index is 13.0. The molecule has 0 saturated heterocycles. The van der Waals surface area contributed by atoms with E-state index in [9.17, 15) is 4.79 Å². The maximum Gasteiger partial charge on any atom is 0.331 e. The first-order chi connectivity index (χ1) is 23.5. The molecular formula is C48H70O2. The zero-order chi connectivity index (χ0) is 36.4. The normalized spacial score (nSPS) is 34.5. The summed E-state index contributed by atoms with van der Waals surface area (Å²) in [5.41, 5.74) is 9.21. The molecule has 0 heterocycles. The van der Waals surface area contributed by atoms with Crippen LogP contribution in [0.2, 0.25) is 0 Å². The lowest BCUT2D eigenvalue weighted by molar-refractivity contribution is -0.144. The molecule has 0 spiro atoms. The van der Waals surface area contributed by atoms with Gasteiger partial charge < -0.3 is 4.74 Å². The van der Waals surface area contributed by atoms with Gasteiger partial charge in [-0.25, -0.2) is 4.79 Å². The van der Waals surface area contributed by atoms with Crippen LogP contribution in [0.25, 0.3) is 0 Å². The summed E-state index contributed by atoms with van der Waals surface area (Å²) in [5.74, 6) is 3.86. The van der Waals surface area contributed by atoms with Crippen molar-refractivity contribution in [1.29, 1.82) is 0 Å². The first-order valence-electron chi connectivity index (χ1n) is 20.3. The van der Waals surface area contributed by atoms with Gasteiger partial charge in [-0.15, -0.1) is 0 Å². The van der Waals surface area contributed by atoms with E-state index in [1.165, 1.54) is 67.2 Å². The van der Waals surface area contributed by atoms with Gasteiger partial charge in [-0.05, 0) is 141 Å². The third-order valence-corrected chi connectivity index (χ3v) is 14.4. The molecule has 0 radical (unpaired) electrons. The first kappa shape index (κ1) is 38.6. The largest absolute Gasteiger partial charge is 0.459 e. The third-order valence-electron chi connectivity index (χ3n) is 14.4. The van der Waals surface area contributed by atoms with E-state index in [-0.39, 0.29) is 22.9 Å². The predicted molar refractivity (Wildman–Crippen MR) is 213 cm³/mol. The lowest BCUT2D eigenvalue weighted by Gasteiger charge is -2.55. The summed E-state index contributed by atoms with van der Waals surface area (Å²) in [5, 5.41) is 0. The van der Waals surface area contributed by atoms with Gasteiger partial charge in [0.1, 0.15) is 6.10 Å². The second kappa shape index (κ2) is 15.6. The molecule has 0 aromatic heterocycles. The molecule has 0 amide bonds. The van der Waals surface area contributed by atoms with Crippen molar-refractivity contribution in [3.8, 4) is 0 Å². The van der Waals surface area contributed by atoms with Gasteiger partial charge in [0.05, 0.1) is 0 Å². The van der Waals surface area contributed by atoms with Crippen LogP contribution < -0.4 is 0 Å². The lowest BCUT2D eigenvalue weighted by atomic mass is 9.50. The summed E-state index contributed by atoms with van der Waals surface area (Å²) in [6, 6.07) is 0. The molecule has 2 nitrogen and oxygen atoms in total. The monoisotopic (exact) mass is 679 g/mol. The van der Waals surface area contributed by atoms with E-state index in [4.69, 9.17) is 4.74 Å². The van der Waals surface area contributed by atoms with E-state index < -0.39 is 0 Å². The fourth-order valence-electron chi connectivity index (χ4n) is 10.7. The second-order valence-corrected chi connectivity index (χ2v) is 18.7. The fourth-order valence-corrected chi connectivity index (χ4v) is 10.7. The maximum atomic E-state index is 13.0. The Bertz CT molecular complexity index is 1520. The number of hydrogen-bond acceptors (Lipinski definition) is 2. The van der Waals surface area contributed by atoms with E-state index in [1.54, 1.807) is 11.6 Å². The Morgan fingerprint density at radius 2 is 1.64 bits per heavy atom. The molecule has 0 aliphatic heterocycles. The van der Waals surface area contributed by atoms with Gasteiger partial charge in [0, 0.05) is 12.5 Å². The fraction of sp³-hybridized carbons (Fsp3) is 0.646. The standard InChI is InChI=1S/C48H70O2/c1-32(2)35(5)18-19-37(7)42-23-24-43-40-21-20-38-31-39(25-28-47(38,10)44(40)26-29-48(42,43)11)50-45(49)30-34(4)15-12-14-33(3)17-22-41-36(6)16-13-27-46(41,8)9/h12,14-15,17-22,30,32,35,37,39,42-44H,13,16,23-29,31H2,1-11H3/b15-12+,19-18+,22-17+,33-14+,34-30+/t35-,37?,39+,42?,43?,44?,47+,48-/m1/s1. The Morgan fingerprint density at radius 1 is 0.880 bits per heavy atom. The van der Waals surface area contributed by atoms with Crippen molar-refractivity contribution < 1.29 is 9.53 Å². The summed E-state index contributed by atoms with van der Waals surface area (Å²) < 4.78 is 6.09. The molecule has 274 valence electrons. The first-order valence-corrected chi connectivity index (χ1v) is 20.3. The van der Waals surface area contributed by atoms with Crippen LogP contribution in [0.1, 0.15) is 140 Å². The SMILES string of the molecule is CC1=C(/C=C/C(C)=C/C=C/C(C)=C/C(=O)O[C@H]2CC[C@@]3(C)C(=CC=C4C5CCC(C(C)/C=C/[C@@H](C)C(C)C)[C@@]5(C)CCC43)C2)C(C)(C)CCC1. The topological polar surface area (TPSA) is 26.3 Å². The minimum Gasteiger partial charge on any atom is -0.459 e. The van der Waals surface area contributed by atoms with Gasteiger partial charge >= 0.3 is 5.97 Å². The van der Waals surface area contributed by atoms with Crippen molar-refractivity contribution >= 4 is 5.97 Å². The van der Waals surface area contributed by atoms with Gasteiger partial charge in [0.25, 0.3) is 0 Å². The Morgan fingerprint density at radius 3 is 2.36 bits per heavy atom. The van der Waals surface area contributed by atoms with Gasteiger partial charge in [-0.2, -0.15) is 0 Å². The molecule has 0 N–H and O–H groups in total. The van der Waals surface area contributed by atoms with E-state index in [1.807, 2.05) is 19.1 Å². The molecule has 5 rings (SSSR count). The van der Waals surface area contributed by atoms with Crippen molar-refractivity contribution in [1.82, 2.24) is 0 Å². The van der Waals surface area contributed by atoms with E-state index in [0.717, 1.165) is 30.8 Å². The number of esters is 1. The molecule has 5 aliphatic rings. The molecule has 2 heteroatoms. The van der Waals surface area contributed by atoms with Crippen LogP contribution in [0.3, 0.4) is 0 Å². The highest BCUT2D eigenvalue weighted by Crippen LogP contribution is 2.66. The van der Waals surface area contributed by atoms with E-state index in [0.29, 0.717) is 35.0 Å². The van der Waals surface area contributed by atoms with Crippen molar-refractivity contribution in [2.24, 2.45) is 51.8 Å². The number of carbonyl (C=O) groups excluding carboxylic acids is 1.